The van der Waals surface area contributed by atoms with Crippen LogP contribution in [0.5, 0.6) is 0 Å². The molecule has 0 spiro atoms. The molecule has 0 amide bonds. The topological polar surface area (TPSA) is 296 Å². The predicted octanol–water partition coefficient (Wildman–Crippen LogP) is 6.73. The number of ether oxygens (including phenoxy) is 7. The zero-order chi connectivity index (χ0) is 55.8. The Morgan fingerprint density at radius 2 is 1.03 bits per heavy atom. The number of esters is 7. The Labute approximate surface area is 441 Å². The van der Waals surface area contributed by atoms with Crippen molar-refractivity contribution in [1.29, 1.82) is 0 Å². The van der Waals surface area contributed by atoms with E-state index in [1.165, 1.54) is 0 Å². The number of carbonyl (C=O) groups excluding carboxylic acids is 7. The lowest BCUT2D eigenvalue weighted by Gasteiger charge is -2.60. The van der Waals surface area contributed by atoms with Crippen molar-refractivity contribution in [3.05, 3.63) is 60.3 Å². The zero-order valence-corrected chi connectivity index (χ0v) is 43.8. The minimum atomic E-state index is -1.17. The van der Waals surface area contributed by atoms with Crippen LogP contribution in [0.4, 0.5) is 0 Å². The number of carboxylic acid groups (broad SMARTS) is 3. The third kappa shape index (κ3) is 13.5. The molecule has 6 rings (SSSR count). The number of hydrogen-bond donors (Lipinski definition) is 3. The molecule has 0 bridgehead atoms. The molecule has 4 saturated carbocycles. The number of allylic oxidation sites excluding steroid dienone is 4. The van der Waals surface area contributed by atoms with Gasteiger partial charge in [-0.05, 0) is 80.1 Å². The maximum absolute atomic E-state index is 13.5. The lowest BCUT2D eigenvalue weighted by atomic mass is 9.46. The standard InChI is InChI=1S/C56H72O20/c1-32-7-13-39-53(3,36(32)11-9-34-25-28-70-51(34)68)26-23-41(75-49(66)19-16-44(59)60)56(39,6)31-73-47(64)21-22-48(65)74-38-29-71-52(69)35(38)10-12-37-33(2)8-14-40-54(37,4)27-24-42(76-50(67)20-17-45(61)62)55(40,5)30-72-46(63)18-15-43(57)58/h9-12,25,35-42H,1-2,7-8,13-24,26-31H2,3-6H3,(H,57,58)(H,59,60)(H,61,62)/b11-9+,12-10+. The maximum atomic E-state index is 13.5. The molecule has 416 valence electrons. The van der Waals surface area contributed by atoms with Crippen molar-refractivity contribution in [3.8, 4) is 0 Å². The Bertz CT molecular complexity index is 2430. The quantitative estimate of drug-likeness (QED) is 0.0543. The van der Waals surface area contributed by atoms with Crippen LogP contribution < -0.4 is 0 Å². The smallest absolute Gasteiger partial charge is 0.338 e. The number of cyclic esters (lactones) is 2. The van der Waals surface area contributed by atoms with Crippen LogP contribution in [0.1, 0.15) is 130 Å². The summed E-state index contributed by atoms with van der Waals surface area (Å²) in [6.07, 6.45) is 7.10. The SMILES string of the molecule is C=C1CCC2C(C)(COC(=O)CCC(=O)O)C(OC(=O)CCC(=O)O)CCC2(C)C1/C=C/C1C(=O)OCC1OC(=O)CCC(=O)OCC1(C)C(OC(=O)CCC(=O)O)CCC2(C)C(/C=C/C3=CCOC3=O)C(=C)CCC12. The van der Waals surface area contributed by atoms with Gasteiger partial charge in [-0.3, -0.25) is 43.2 Å². The van der Waals surface area contributed by atoms with Crippen molar-refractivity contribution < 1.29 is 96.4 Å². The van der Waals surface area contributed by atoms with E-state index in [4.69, 9.17) is 43.4 Å². The summed E-state index contributed by atoms with van der Waals surface area (Å²) >= 11 is 0. The van der Waals surface area contributed by atoms with E-state index >= 15 is 0 Å². The minimum Gasteiger partial charge on any atom is -0.481 e. The summed E-state index contributed by atoms with van der Waals surface area (Å²) in [5.41, 5.74) is -0.831. The number of hydrogen-bond acceptors (Lipinski definition) is 17. The summed E-state index contributed by atoms with van der Waals surface area (Å²) in [6.45, 7) is 16.1. The fourth-order valence-electron chi connectivity index (χ4n) is 13.2. The predicted molar refractivity (Wildman–Crippen MR) is 265 cm³/mol. The second-order valence-corrected chi connectivity index (χ2v) is 22.2. The van der Waals surface area contributed by atoms with Gasteiger partial charge in [0, 0.05) is 22.7 Å². The van der Waals surface area contributed by atoms with E-state index in [0.717, 1.165) is 11.1 Å². The first-order valence-electron chi connectivity index (χ1n) is 26.1. The molecule has 0 aromatic heterocycles. The van der Waals surface area contributed by atoms with Crippen LogP contribution in [0.25, 0.3) is 0 Å². The molecule has 12 unspecified atom stereocenters. The van der Waals surface area contributed by atoms with E-state index < -0.39 is 131 Å². The van der Waals surface area contributed by atoms with Crippen LogP contribution >= 0.6 is 0 Å². The summed E-state index contributed by atoms with van der Waals surface area (Å²) in [4.78, 5) is 125. The van der Waals surface area contributed by atoms with E-state index in [2.05, 4.69) is 20.1 Å². The van der Waals surface area contributed by atoms with Gasteiger partial charge >= 0.3 is 59.7 Å². The highest BCUT2D eigenvalue weighted by molar-refractivity contribution is 5.93. The number of carboxylic acids is 3. The lowest BCUT2D eigenvalue weighted by Crippen LogP contribution is -2.58. The van der Waals surface area contributed by atoms with Gasteiger partial charge < -0.3 is 48.5 Å². The Morgan fingerprint density at radius 1 is 0.592 bits per heavy atom. The lowest BCUT2D eigenvalue weighted by molar-refractivity contribution is -0.192. The molecular weight excluding hydrogens is 993 g/mol. The first-order valence-corrected chi connectivity index (χ1v) is 26.1. The van der Waals surface area contributed by atoms with Gasteiger partial charge in [0.15, 0.2) is 6.10 Å². The van der Waals surface area contributed by atoms with Crippen molar-refractivity contribution in [2.45, 2.75) is 149 Å². The Hall–Kier alpha value is -6.60. The third-order valence-electron chi connectivity index (χ3n) is 17.2. The molecule has 20 heteroatoms. The average molecular weight is 1070 g/mol. The second-order valence-electron chi connectivity index (χ2n) is 22.2. The van der Waals surface area contributed by atoms with Crippen molar-refractivity contribution in [2.75, 3.05) is 26.4 Å². The van der Waals surface area contributed by atoms with Crippen molar-refractivity contribution in [3.63, 3.8) is 0 Å². The van der Waals surface area contributed by atoms with E-state index in [1.54, 1.807) is 18.2 Å². The zero-order valence-electron chi connectivity index (χ0n) is 43.8. The third-order valence-corrected chi connectivity index (χ3v) is 17.2. The highest BCUT2D eigenvalue weighted by atomic mass is 16.6. The number of aliphatic carboxylic acids is 3. The normalized spacial score (nSPS) is 33.0. The molecule has 76 heavy (non-hydrogen) atoms. The summed E-state index contributed by atoms with van der Waals surface area (Å²) in [7, 11) is 0. The molecular formula is C56H72O20. The van der Waals surface area contributed by atoms with Crippen molar-refractivity contribution in [1.82, 2.24) is 0 Å². The Balaban J connectivity index is 1.11. The molecule has 2 aliphatic heterocycles. The molecule has 12 atom stereocenters. The van der Waals surface area contributed by atoms with Crippen LogP contribution in [0.15, 0.2) is 60.3 Å². The van der Waals surface area contributed by atoms with E-state index in [0.29, 0.717) is 56.9 Å². The highest BCUT2D eigenvalue weighted by Gasteiger charge is 2.61. The molecule has 1 saturated heterocycles. The number of carbonyl (C=O) groups is 10. The molecule has 0 aromatic carbocycles. The van der Waals surface area contributed by atoms with Crippen molar-refractivity contribution >= 4 is 59.7 Å². The second kappa shape index (κ2) is 24.6. The van der Waals surface area contributed by atoms with Crippen LogP contribution in [0.3, 0.4) is 0 Å². The van der Waals surface area contributed by atoms with Crippen LogP contribution in [-0.4, -0.2) is 120 Å². The summed E-state index contributed by atoms with van der Waals surface area (Å²) in [5, 5.41) is 27.5. The van der Waals surface area contributed by atoms with Gasteiger partial charge in [-0.2, -0.15) is 0 Å². The fourth-order valence-corrected chi connectivity index (χ4v) is 13.2. The van der Waals surface area contributed by atoms with Crippen LogP contribution in [-0.2, 0) is 81.1 Å². The first kappa shape index (κ1) is 58.7. The molecule has 6 aliphatic rings. The molecule has 0 aromatic rings. The molecule has 5 fully saturated rings. The average Bonchev–Trinajstić information content (AvgIpc) is 3.94. The highest BCUT2D eigenvalue weighted by Crippen LogP contribution is 2.63. The van der Waals surface area contributed by atoms with Crippen molar-refractivity contribution in [2.24, 2.45) is 51.2 Å². The maximum Gasteiger partial charge on any atom is 0.338 e. The fraction of sp³-hybridized carbons (Fsp3) is 0.643. The van der Waals surface area contributed by atoms with Gasteiger partial charge in [0.05, 0.1) is 56.9 Å². The number of rotatable bonds is 23. The van der Waals surface area contributed by atoms with E-state index in [1.807, 2.05) is 32.9 Å². The van der Waals surface area contributed by atoms with Crippen LogP contribution in [0, 0.1) is 51.2 Å². The van der Waals surface area contributed by atoms with Gasteiger partial charge in [0.25, 0.3) is 0 Å². The minimum absolute atomic E-state index is 0.184. The molecule has 3 N–H and O–H groups in total. The summed E-state index contributed by atoms with van der Waals surface area (Å²) < 4.78 is 39.6. The van der Waals surface area contributed by atoms with Gasteiger partial charge in [-0.15, -0.1) is 0 Å². The van der Waals surface area contributed by atoms with Gasteiger partial charge in [0.2, 0.25) is 0 Å². The summed E-state index contributed by atoms with van der Waals surface area (Å²) in [6, 6.07) is 0. The van der Waals surface area contributed by atoms with E-state index in [-0.39, 0.29) is 75.8 Å². The molecule has 0 radical (unpaired) electrons. The Morgan fingerprint density at radius 3 is 1.49 bits per heavy atom. The molecule has 2 heterocycles. The number of fused-ring (bicyclic) bond motifs is 2. The van der Waals surface area contributed by atoms with Crippen LogP contribution in [0.2, 0.25) is 0 Å². The molecule has 4 aliphatic carbocycles. The van der Waals surface area contributed by atoms with Gasteiger partial charge in [-0.1, -0.05) is 76.3 Å². The Kier molecular flexibility index (Phi) is 19.0. The van der Waals surface area contributed by atoms with Gasteiger partial charge in [0.1, 0.15) is 44.6 Å². The largest absolute Gasteiger partial charge is 0.481 e. The monoisotopic (exact) mass is 1060 g/mol. The van der Waals surface area contributed by atoms with E-state index in [9.17, 15) is 53.1 Å². The van der Waals surface area contributed by atoms with Gasteiger partial charge in [-0.25, -0.2) is 4.79 Å². The summed E-state index contributed by atoms with van der Waals surface area (Å²) in [5.74, 6) is -10.3. The first-order chi connectivity index (χ1) is 35.8. The molecule has 20 nitrogen and oxygen atoms in total.